The van der Waals surface area contributed by atoms with Gasteiger partial charge in [0.25, 0.3) is 0 Å². The average Bonchev–Trinajstić information content (AvgIpc) is 2.56. The molecule has 0 spiro atoms. The molecule has 0 N–H and O–H groups in total. The lowest BCUT2D eigenvalue weighted by atomic mass is 10.0. The van der Waals surface area contributed by atoms with E-state index in [1.807, 2.05) is 19.1 Å². The van der Waals surface area contributed by atoms with Gasteiger partial charge in [-0.2, -0.15) is 13.2 Å². The topological polar surface area (TPSA) is 9.23 Å². The number of hydrogen-bond acceptors (Lipinski definition) is 1. The second-order valence-electron chi connectivity index (χ2n) is 5.55. The number of benzene rings is 3. The molecule has 0 saturated heterocycles. The molecular formula is C20H13ClF3O. The maximum atomic E-state index is 12.8. The predicted molar refractivity (Wildman–Crippen MR) is 92.0 cm³/mol. The second kappa shape index (κ2) is 6.81. The normalized spacial score (nSPS) is 11.4. The zero-order valence-electron chi connectivity index (χ0n) is 13.2. The minimum Gasteiger partial charge on any atom is -0.457 e. The summed E-state index contributed by atoms with van der Waals surface area (Å²) < 4.78 is 44.2. The fraction of sp³-hybridized carbons (Fsp3) is 0.100. The molecule has 0 fully saturated rings. The van der Waals surface area contributed by atoms with E-state index in [9.17, 15) is 13.2 Å². The van der Waals surface area contributed by atoms with Crippen molar-refractivity contribution in [3.05, 3.63) is 82.9 Å². The van der Waals surface area contributed by atoms with Gasteiger partial charge in [0, 0.05) is 5.02 Å². The summed E-state index contributed by atoms with van der Waals surface area (Å²) >= 11 is 5.99. The van der Waals surface area contributed by atoms with Gasteiger partial charge < -0.3 is 4.74 Å². The molecule has 0 saturated carbocycles. The molecule has 1 radical (unpaired) electrons. The summed E-state index contributed by atoms with van der Waals surface area (Å²) in [6, 6.07) is 18.5. The van der Waals surface area contributed by atoms with Gasteiger partial charge in [0.05, 0.1) is 5.56 Å². The quantitative estimate of drug-likeness (QED) is 0.491. The van der Waals surface area contributed by atoms with Crippen molar-refractivity contribution in [1.29, 1.82) is 0 Å². The number of aryl methyl sites for hydroxylation is 1. The van der Waals surface area contributed by atoms with Gasteiger partial charge in [-0.1, -0.05) is 29.8 Å². The molecule has 0 aromatic heterocycles. The van der Waals surface area contributed by atoms with Crippen LogP contribution in [0.1, 0.15) is 11.1 Å². The molecule has 0 heterocycles. The molecule has 5 heteroatoms. The maximum Gasteiger partial charge on any atom is 0.416 e. The molecule has 0 bridgehead atoms. The number of halogens is 4. The first kappa shape index (κ1) is 17.4. The van der Waals surface area contributed by atoms with Crippen molar-refractivity contribution in [2.24, 2.45) is 0 Å². The van der Waals surface area contributed by atoms with Crippen LogP contribution in [-0.4, -0.2) is 0 Å². The highest BCUT2D eigenvalue weighted by Gasteiger charge is 2.30. The van der Waals surface area contributed by atoms with Crippen molar-refractivity contribution in [2.75, 3.05) is 0 Å². The standard InChI is InChI=1S/C20H13ClF3O/c1-13-8-9-15(14-4-2-6-17(21)10-14)11-19(13)25-18-7-3-5-16(12-18)20(22,23)24/h3-12H,1H3. The molecule has 1 nitrogen and oxygen atoms in total. The van der Waals surface area contributed by atoms with E-state index in [0.717, 1.165) is 28.8 Å². The van der Waals surface area contributed by atoms with E-state index in [0.29, 0.717) is 10.8 Å². The lowest BCUT2D eigenvalue weighted by Crippen LogP contribution is -2.04. The zero-order chi connectivity index (χ0) is 18.0. The summed E-state index contributed by atoms with van der Waals surface area (Å²) in [7, 11) is 0. The van der Waals surface area contributed by atoms with Crippen molar-refractivity contribution in [1.82, 2.24) is 0 Å². The summed E-state index contributed by atoms with van der Waals surface area (Å²) in [4.78, 5) is 0. The Bertz CT molecular complexity index is 903. The second-order valence-corrected chi connectivity index (χ2v) is 5.98. The SMILES string of the molecule is Cc1ccc(-c2c[c]cc(Cl)c2)cc1Oc1cccc(C(F)(F)F)c1. The van der Waals surface area contributed by atoms with Crippen LogP contribution in [0.25, 0.3) is 11.1 Å². The average molecular weight is 362 g/mol. The Labute approximate surface area is 148 Å². The third-order valence-corrected chi connectivity index (χ3v) is 3.88. The number of ether oxygens (including phenoxy) is 1. The first-order valence-corrected chi connectivity index (χ1v) is 7.83. The molecule has 0 aliphatic carbocycles. The van der Waals surface area contributed by atoms with Gasteiger partial charge in [-0.15, -0.1) is 0 Å². The van der Waals surface area contributed by atoms with Crippen molar-refractivity contribution in [2.45, 2.75) is 13.1 Å². The smallest absolute Gasteiger partial charge is 0.416 e. The third-order valence-electron chi connectivity index (χ3n) is 3.66. The van der Waals surface area contributed by atoms with Gasteiger partial charge >= 0.3 is 6.18 Å². The van der Waals surface area contributed by atoms with Crippen LogP contribution in [0.2, 0.25) is 5.02 Å². The Kier molecular flexibility index (Phi) is 4.73. The molecule has 0 unspecified atom stereocenters. The van der Waals surface area contributed by atoms with E-state index < -0.39 is 11.7 Å². The van der Waals surface area contributed by atoms with Crippen LogP contribution in [0.3, 0.4) is 0 Å². The van der Waals surface area contributed by atoms with Crippen molar-refractivity contribution in [3.63, 3.8) is 0 Å². The maximum absolute atomic E-state index is 12.8. The molecule has 3 rings (SSSR count). The number of rotatable bonds is 3. The molecule has 0 aliphatic heterocycles. The molecule has 0 aliphatic rings. The molecular weight excluding hydrogens is 349 g/mol. The van der Waals surface area contributed by atoms with Crippen molar-refractivity contribution < 1.29 is 17.9 Å². The molecule has 127 valence electrons. The molecule has 3 aromatic carbocycles. The minimum absolute atomic E-state index is 0.132. The Hall–Kier alpha value is -2.46. The van der Waals surface area contributed by atoms with E-state index in [4.69, 9.17) is 16.3 Å². The van der Waals surface area contributed by atoms with Crippen LogP contribution in [0.15, 0.2) is 60.7 Å². The van der Waals surface area contributed by atoms with E-state index >= 15 is 0 Å². The molecule has 0 amide bonds. The highest BCUT2D eigenvalue weighted by Crippen LogP contribution is 2.35. The molecule has 3 aromatic rings. The Balaban J connectivity index is 1.94. The van der Waals surface area contributed by atoms with E-state index in [1.54, 1.807) is 24.3 Å². The fourth-order valence-electron chi connectivity index (χ4n) is 2.36. The summed E-state index contributed by atoms with van der Waals surface area (Å²) in [5, 5.41) is 0.554. The first-order valence-electron chi connectivity index (χ1n) is 7.46. The fourth-order valence-corrected chi connectivity index (χ4v) is 2.54. The number of hydrogen-bond donors (Lipinski definition) is 0. The first-order chi connectivity index (χ1) is 11.8. The monoisotopic (exact) mass is 361 g/mol. The minimum atomic E-state index is -4.41. The Morgan fingerprint density at radius 2 is 1.76 bits per heavy atom. The van der Waals surface area contributed by atoms with Crippen LogP contribution in [0.4, 0.5) is 13.2 Å². The lowest BCUT2D eigenvalue weighted by Gasteiger charge is -2.13. The van der Waals surface area contributed by atoms with Gasteiger partial charge in [0.15, 0.2) is 0 Å². The van der Waals surface area contributed by atoms with Crippen LogP contribution in [-0.2, 0) is 6.18 Å². The van der Waals surface area contributed by atoms with Crippen LogP contribution < -0.4 is 4.74 Å². The Morgan fingerprint density at radius 3 is 2.48 bits per heavy atom. The largest absolute Gasteiger partial charge is 0.457 e. The van der Waals surface area contributed by atoms with Gasteiger partial charge in [-0.05, 0) is 72.1 Å². The summed E-state index contributed by atoms with van der Waals surface area (Å²) in [6.07, 6.45) is -4.41. The van der Waals surface area contributed by atoms with E-state index in [1.165, 1.54) is 12.1 Å². The van der Waals surface area contributed by atoms with Crippen LogP contribution in [0, 0.1) is 13.0 Å². The Morgan fingerprint density at radius 1 is 0.960 bits per heavy atom. The zero-order valence-corrected chi connectivity index (χ0v) is 13.9. The van der Waals surface area contributed by atoms with Gasteiger partial charge in [-0.3, -0.25) is 0 Å². The van der Waals surface area contributed by atoms with E-state index in [-0.39, 0.29) is 5.75 Å². The highest BCUT2D eigenvalue weighted by molar-refractivity contribution is 6.30. The van der Waals surface area contributed by atoms with Gasteiger partial charge in [0.2, 0.25) is 0 Å². The van der Waals surface area contributed by atoms with Crippen LogP contribution in [0.5, 0.6) is 11.5 Å². The van der Waals surface area contributed by atoms with Gasteiger partial charge in [0.1, 0.15) is 11.5 Å². The molecule has 0 atom stereocenters. The summed E-state index contributed by atoms with van der Waals surface area (Å²) in [5.74, 6) is 0.615. The lowest BCUT2D eigenvalue weighted by molar-refractivity contribution is -0.137. The van der Waals surface area contributed by atoms with E-state index in [2.05, 4.69) is 6.07 Å². The van der Waals surface area contributed by atoms with Crippen molar-refractivity contribution in [3.8, 4) is 22.6 Å². The predicted octanol–water partition coefficient (Wildman–Crippen LogP) is 6.93. The van der Waals surface area contributed by atoms with Crippen LogP contribution >= 0.6 is 11.6 Å². The number of alkyl halides is 3. The third kappa shape index (κ3) is 4.15. The van der Waals surface area contributed by atoms with Gasteiger partial charge in [-0.25, -0.2) is 0 Å². The summed E-state index contributed by atoms with van der Waals surface area (Å²) in [6.45, 7) is 1.83. The highest BCUT2D eigenvalue weighted by atomic mass is 35.5. The van der Waals surface area contributed by atoms with Crippen molar-refractivity contribution >= 4 is 11.6 Å². The summed E-state index contributed by atoms with van der Waals surface area (Å²) in [5.41, 5.74) is 1.75. The molecule has 25 heavy (non-hydrogen) atoms.